The van der Waals surface area contributed by atoms with Crippen molar-refractivity contribution in [1.29, 1.82) is 0 Å². The molecule has 118 valence electrons. The molecule has 0 atom stereocenters. The van der Waals surface area contributed by atoms with Gasteiger partial charge in [-0.15, -0.1) is 0 Å². The number of nitrogens with zero attached hydrogens (tertiary/aromatic N) is 3. The summed E-state index contributed by atoms with van der Waals surface area (Å²) in [5, 5.41) is 9.71. The molecule has 0 saturated carbocycles. The molecule has 1 aromatic rings. The van der Waals surface area contributed by atoms with Crippen molar-refractivity contribution in [2.75, 3.05) is 25.9 Å². The van der Waals surface area contributed by atoms with Gasteiger partial charge in [-0.25, -0.2) is 4.98 Å². The number of carboxylic acid groups (broad SMARTS) is 1. The lowest BCUT2D eigenvalue weighted by Crippen LogP contribution is -2.39. The summed E-state index contributed by atoms with van der Waals surface area (Å²) >= 11 is 1.32. The number of hydrogen-bond donors (Lipinski definition) is 1. The maximum Gasteiger partial charge on any atom is 0.313 e. The third-order valence-electron chi connectivity index (χ3n) is 4.32. The number of likely N-dealkylation sites (tertiary alicyclic amines) is 1. The minimum absolute atomic E-state index is 0.0691. The molecule has 1 fully saturated rings. The molecule has 0 spiro atoms. The summed E-state index contributed by atoms with van der Waals surface area (Å²) in [4.78, 5) is 17.6. The molecule has 0 unspecified atom stereocenters. The summed E-state index contributed by atoms with van der Waals surface area (Å²) in [5.41, 5.74) is 1.47. The van der Waals surface area contributed by atoms with Crippen molar-refractivity contribution in [3.63, 3.8) is 0 Å². The van der Waals surface area contributed by atoms with Gasteiger partial charge in [-0.3, -0.25) is 4.79 Å². The van der Waals surface area contributed by atoms with Gasteiger partial charge in [0.1, 0.15) is 0 Å². The predicted octanol–water partition coefficient (Wildman–Crippen LogP) is 2.35. The van der Waals surface area contributed by atoms with Gasteiger partial charge in [0.05, 0.1) is 5.75 Å². The lowest BCUT2D eigenvalue weighted by atomic mass is 9.80. The molecule has 21 heavy (non-hydrogen) atoms. The number of hydrogen-bond acceptors (Lipinski definition) is 4. The monoisotopic (exact) mass is 311 g/mol. The van der Waals surface area contributed by atoms with Crippen molar-refractivity contribution in [2.45, 2.75) is 44.8 Å². The average Bonchev–Trinajstić information content (AvgIpc) is 2.82. The normalized spacial score (nSPS) is 18.8. The highest BCUT2D eigenvalue weighted by Crippen LogP contribution is 2.34. The standard InChI is InChI=1S/C15H25N3O2S/c1-4-12-9-16-14(21-10-13(19)20)18(12)11-15(2)5-7-17(3)8-6-15/h9H,4-8,10-11H2,1-3H3,(H,19,20). The van der Waals surface area contributed by atoms with Crippen molar-refractivity contribution < 1.29 is 9.90 Å². The number of thioether (sulfide) groups is 1. The van der Waals surface area contributed by atoms with Crippen LogP contribution in [0, 0.1) is 5.41 Å². The van der Waals surface area contributed by atoms with Crippen LogP contribution in [0.15, 0.2) is 11.4 Å². The number of piperidine rings is 1. The van der Waals surface area contributed by atoms with E-state index in [1.807, 2.05) is 6.20 Å². The first kappa shape index (κ1) is 16.4. The Bertz CT molecular complexity index is 493. The lowest BCUT2D eigenvalue weighted by molar-refractivity contribution is -0.133. The van der Waals surface area contributed by atoms with E-state index < -0.39 is 5.97 Å². The van der Waals surface area contributed by atoms with E-state index in [-0.39, 0.29) is 11.2 Å². The van der Waals surface area contributed by atoms with Gasteiger partial charge >= 0.3 is 5.97 Å². The molecular weight excluding hydrogens is 286 g/mol. The molecule has 1 aliphatic rings. The van der Waals surface area contributed by atoms with E-state index in [2.05, 4.69) is 35.3 Å². The fraction of sp³-hybridized carbons (Fsp3) is 0.733. The van der Waals surface area contributed by atoms with Crippen molar-refractivity contribution in [1.82, 2.24) is 14.5 Å². The summed E-state index contributed by atoms with van der Waals surface area (Å²) in [6.45, 7) is 7.65. The van der Waals surface area contributed by atoms with Crippen molar-refractivity contribution in [2.24, 2.45) is 5.41 Å². The zero-order valence-electron chi connectivity index (χ0n) is 13.1. The van der Waals surface area contributed by atoms with Crippen molar-refractivity contribution >= 4 is 17.7 Å². The second kappa shape index (κ2) is 6.83. The molecule has 0 bridgehead atoms. The maximum atomic E-state index is 10.8. The van der Waals surface area contributed by atoms with Gasteiger partial charge in [0, 0.05) is 18.4 Å². The lowest BCUT2D eigenvalue weighted by Gasteiger charge is -2.38. The molecule has 1 aliphatic heterocycles. The Hall–Kier alpha value is -1.01. The molecule has 1 saturated heterocycles. The Morgan fingerprint density at radius 3 is 2.71 bits per heavy atom. The average molecular weight is 311 g/mol. The topological polar surface area (TPSA) is 58.4 Å². The van der Waals surface area contributed by atoms with Gasteiger partial charge in [-0.2, -0.15) is 0 Å². The third-order valence-corrected chi connectivity index (χ3v) is 5.30. The summed E-state index contributed by atoms with van der Waals surface area (Å²) in [6, 6.07) is 0. The minimum atomic E-state index is -0.793. The van der Waals surface area contributed by atoms with Crippen LogP contribution in [-0.4, -0.2) is 51.4 Å². The van der Waals surface area contributed by atoms with Crippen LogP contribution in [0.2, 0.25) is 0 Å². The Morgan fingerprint density at radius 2 is 2.14 bits per heavy atom. The van der Waals surface area contributed by atoms with Crippen LogP contribution in [0.4, 0.5) is 0 Å². The molecule has 2 heterocycles. The Labute approximate surface area is 130 Å². The van der Waals surface area contributed by atoms with Crippen molar-refractivity contribution in [3.8, 4) is 0 Å². The second-order valence-corrected chi connectivity index (χ2v) is 7.21. The van der Waals surface area contributed by atoms with Gasteiger partial charge in [0.15, 0.2) is 5.16 Å². The molecule has 0 amide bonds. The van der Waals surface area contributed by atoms with E-state index in [1.165, 1.54) is 30.3 Å². The highest BCUT2D eigenvalue weighted by molar-refractivity contribution is 7.99. The number of carboxylic acids is 1. The fourth-order valence-electron chi connectivity index (χ4n) is 2.78. The summed E-state index contributed by atoms with van der Waals surface area (Å²) in [6.07, 6.45) is 5.17. The van der Waals surface area contributed by atoms with Crippen molar-refractivity contribution in [3.05, 3.63) is 11.9 Å². The number of carbonyl (C=O) groups is 1. The Kier molecular flexibility index (Phi) is 5.32. The van der Waals surface area contributed by atoms with Crippen LogP contribution in [0.1, 0.15) is 32.4 Å². The molecule has 5 nitrogen and oxygen atoms in total. The van der Waals surface area contributed by atoms with Crippen LogP contribution < -0.4 is 0 Å². The molecule has 0 radical (unpaired) electrons. The van der Waals surface area contributed by atoms with E-state index in [1.54, 1.807) is 0 Å². The smallest absolute Gasteiger partial charge is 0.313 e. The molecule has 0 aromatic carbocycles. The molecular formula is C15H25N3O2S. The molecule has 1 aromatic heterocycles. The summed E-state index contributed by atoms with van der Waals surface area (Å²) in [7, 11) is 2.17. The van der Waals surface area contributed by atoms with Gasteiger partial charge in [-0.1, -0.05) is 25.6 Å². The maximum absolute atomic E-state index is 10.8. The Morgan fingerprint density at radius 1 is 1.48 bits per heavy atom. The van der Waals surface area contributed by atoms with E-state index in [4.69, 9.17) is 5.11 Å². The minimum Gasteiger partial charge on any atom is -0.481 e. The molecule has 1 N–H and O–H groups in total. The van der Waals surface area contributed by atoms with Crippen LogP contribution >= 0.6 is 11.8 Å². The number of aromatic nitrogens is 2. The molecule has 2 rings (SSSR count). The number of rotatable bonds is 6. The van der Waals surface area contributed by atoms with Crippen LogP contribution in [0.5, 0.6) is 0 Å². The predicted molar refractivity (Wildman–Crippen MR) is 84.8 cm³/mol. The number of aryl methyl sites for hydroxylation is 1. The zero-order chi connectivity index (χ0) is 15.5. The van der Waals surface area contributed by atoms with E-state index in [0.29, 0.717) is 0 Å². The van der Waals surface area contributed by atoms with Gasteiger partial charge in [0.25, 0.3) is 0 Å². The van der Waals surface area contributed by atoms with Crippen LogP contribution in [0.3, 0.4) is 0 Å². The highest BCUT2D eigenvalue weighted by atomic mass is 32.2. The second-order valence-electron chi connectivity index (χ2n) is 6.27. The van der Waals surface area contributed by atoms with E-state index in [9.17, 15) is 4.79 Å². The van der Waals surface area contributed by atoms with Crippen LogP contribution in [-0.2, 0) is 17.8 Å². The SMILES string of the molecule is CCc1cnc(SCC(=O)O)n1CC1(C)CCN(C)CC1. The van der Waals surface area contributed by atoms with Gasteiger partial charge in [-0.05, 0) is 44.8 Å². The third kappa shape index (κ3) is 4.23. The quantitative estimate of drug-likeness (QED) is 0.817. The first-order valence-corrected chi connectivity index (χ1v) is 8.49. The van der Waals surface area contributed by atoms with Gasteiger partial charge in [0.2, 0.25) is 0 Å². The largest absolute Gasteiger partial charge is 0.481 e. The van der Waals surface area contributed by atoms with Crippen LogP contribution in [0.25, 0.3) is 0 Å². The first-order chi connectivity index (χ1) is 9.93. The number of imidazole rings is 1. The molecule has 0 aliphatic carbocycles. The van der Waals surface area contributed by atoms with E-state index >= 15 is 0 Å². The van der Waals surface area contributed by atoms with Gasteiger partial charge < -0.3 is 14.6 Å². The zero-order valence-corrected chi connectivity index (χ0v) is 13.9. The number of aliphatic carboxylic acids is 1. The summed E-state index contributed by atoms with van der Waals surface area (Å²) in [5.74, 6) is -0.724. The fourth-order valence-corrected chi connectivity index (χ4v) is 3.50. The Balaban J connectivity index is 2.13. The molecule has 6 heteroatoms. The van der Waals surface area contributed by atoms with E-state index in [0.717, 1.165) is 31.2 Å². The first-order valence-electron chi connectivity index (χ1n) is 7.51. The summed E-state index contributed by atoms with van der Waals surface area (Å²) < 4.78 is 2.24. The highest BCUT2D eigenvalue weighted by Gasteiger charge is 2.30.